The number of benzene rings is 1. The van der Waals surface area contributed by atoms with Gasteiger partial charge in [-0.05, 0) is 24.1 Å². The first-order chi connectivity index (χ1) is 13.3. The van der Waals surface area contributed by atoms with Gasteiger partial charge in [-0.2, -0.15) is 0 Å². The summed E-state index contributed by atoms with van der Waals surface area (Å²) in [5.41, 5.74) is 2.13. The minimum atomic E-state index is 0.0256. The summed E-state index contributed by atoms with van der Waals surface area (Å²) in [6.45, 7) is 5.06. The van der Waals surface area contributed by atoms with E-state index >= 15 is 0 Å². The van der Waals surface area contributed by atoms with Gasteiger partial charge in [0.05, 0.1) is 25.5 Å². The molecule has 1 amide bonds. The van der Waals surface area contributed by atoms with Crippen LogP contribution in [0.5, 0.6) is 11.5 Å². The largest absolute Gasteiger partial charge is 0.454 e. The molecule has 0 unspecified atom stereocenters. The molecule has 0 radical (unpaired) electrons. The summed E-state index contributed by atoms with van der Waals surface area (Å²) in [6, 6.07) is 5.80. The van der Waals surface area contributed by atoms with Crippen molar-refractivity contribution < 1.29 is 19.0 Å². The van der Waals surface area contributed by atoms with Crippen molar-refractivity contribution in [3.63, 3.8) is 0 Å². The maximum atomic E-state index is 12.1. The number of morpholine rings is 1. The fourth-order valence-electron chi connectivity index (χ4n) is 3.11. The molecule has 7 nitrogen and oxygen atoms in total. The second kappa shape index (κ2) is 8.69. The number of carbonyl (C=O) groups is 1. The number of nitrogens with one attached hydrogen (secondary N) is 1. The Kier molecular flexibility index (Phi) is 5.86. The normalized spacial score (nSPS) is 16.4. The van der Waals surface area contributed by atoms with Crippen LogP contribution in [0.2, 0.25) is 0 Å². The van der Waals surface area contributed by atoms with Crippen LogP contribution >= 0.6 is 11.3 Å². The van der Waals surface area contributed by atoms with Crippen LogP contribution in [0, 0.1) is 0 Å². The van der Waals surface area contributed by atoms with Crippen LogP contribution in [0.15, 0.2) is 23.6 Å². The van der Waals surface area contributed by atoms with E-state index in [-0.39, 0.29) is 12.7 Å². The summed E-state index contributed by atoms with van der Waals surface area (Å²) in [7, 11) is 0. The van der Waals surface area contributed by atoms with Crippen LogP contribution < -0.4 is 14.8 Å². The molecular weight excluding hydrogens is 366 g/mol. The summed E-state index contributed by atoms with van der Waals surface area (Å²) in [4.78, 5) is 19.1. The van der Waals surface area contributed by atoms with Crippen molar-refractivity contribution in [3.05, 3.63) is 39.8 Å². The SMILES string of the molecule is O=C(CCc1ccc2c(c1)OCO2)NCc1nc(CN2CCOCC2)cs1. The van der Waals surface area contributed by atoms with Gasteiger partial charge < -0.3 is 19.5 Å². The number of fused-ring (bicyclic) bond motifs is 1. The van der Waals surface area contributed by atoms with Crippen LogP contribution in [0.25, 0.3) is 0 Å². The highest BCUT2D eigenvalue weighted by molar-refractivity contribution is 7.09. The molecule has 1 fully saturated rings. The highest BCUT2D eigenvalue weighted by Crippen LogP contribution is 2.32. The Morgan fingerprint density at radius 2 is 2.07 bits per heavy atom. The molecule has 3 heterocycles. The Morgan fingerprint density at radius 1 is 1.22 bits per heavy atom. The lowest BCUT2D eigenvalue weighted by Crippen LogP contribution is -2.35. The first-order valence-electron chi connectivity index (χ1n) is 9.15. The van der Waals surface area contributed by atoms with Gasteiger partial charge in [0.2, 0.25) is 12.7 Å². The summed E-state index contributed by atoms with van der Waals surface area (Å²) in [5, 5.41) is 5.97. The zero-order chi connectivity index (χ0) is 18.5. The lowest BCUT2D eigenvalue weighted by Gasteiger charge is -2.25. The van der Waals surface area contributed by atoms with E-state index in [9.17, 15) is 4.79 Å². The van der Waals surface area contributed by atoms with E-state index < -0.39 is 0 Å². The van der Waals surface area contributed by atoms with E-state index in [0.717, 1.165) is 60.6 Å². The minimum absolute atomic E-state index is 0.0256. The van der Waals surface area contributed by atoms with Gasteiger partial charge in [-0.1, -0.05) is 6.07 Å². The molecule has 4 rings (SSSR count). The lowest BCUT2D eigenvalue weighted by molar-refractivity contribution is -0.121. The van der Waals surface area contributed by atoms with Gasteiger partial charge in [-0.15, -0.1) is 11.3 Å². The molecule has 27 heavy (non-hydrogen) atoms. The highest BCUT2D eigenvalue weighted by Gasteiger charge is 2.14. The number of aromatic nitrogens is 1. The second-order valence-corrected chi connectivity index (χ2v) is 7.53. The van der Waals surface area contributed by atoms with E-state index in [4.69, 9.17) is 14.2 Å². The predicted octanol–water partition coefficient (Wildman–Crippen LogP) is 1.95. The molecular formula is C19H23N3O4S. The van der Waals surface area contributed by atoms with Crippen molar-refractivity contribution in [1.29, 1.82) is 0 Å². The van der Waals surface area contributed by atoms with E-state index in [2.05, 4.69) is 20.6 Å². The van der Waals surface area contributed by atoms with Gasteiger partial charge in [0.25, 0.3) is 0 Å². The van der Waals surface area contributed by atoms with Crippen LogP contribution in [-0.4, -0.2) is 48.9 Å². The van der Waals surface area contributed by atoms with Crippen LogP contribution in [0.4, 0.5) is 0 Å². The van der Waals surface area contributed by atoms with Gasteiger partial charge in [-0.3, -0.25) is 9.69 Å². The molecule has 8 heteroatoms. The fraction of sp³-hybridized carbons (Fsp3) is 0.474. The van der Waals surface area contributed by atoms with Crippen molar-refractivity contribution >= 4 is 17.2 Å². The summed E-state index contributed by atoms with van der Waals surface area (Å²) in [6.07, 6.45) is 1.11. The number of amides is 1. The molecule has 0 saturated carbocycles. The first-order valence-corrected chi connectivity index (χ1v) is 10.0. The van der Waals surface area contributed by atoms with Gasteiger partial charge >= 0.3 is 0 Å². The number of carbonyl (C=O) groups excluding carboxylic acids is 1. The third-order valence-electron chi connectivity index (χ3n) is 4.60. The maximum absolute atomic E-state index is 12.1. The molecule has 1 saturated heterocycles. The van der Waals surface area contributed by atoms with E-state index in [1.165, 1.54) is 0 Å². The van der Waals surface area contributed by atoms with Gasteiger partial charge in [0.15, 0.2) is 11.5 Å². The third kappa shape index (κ3) is 4.97. The molecule has 1 aromatic carbocycles. The van der Waals surface area contributed by atoms with Crippen molar-refractivity contribution in [2.24, 2.45) is 0 Å². The smallest absolute Gasteiger partial charge is 0.231 e. The average molecular weight is 389 g/mol. The van der Waals surface area contributed by atoms with Crippen LogP contribution in [0.1, 0.15) is 22.7 Å². The number of ether oxygens (including phenoxy) is 3. The Hall–Kier alpha value is -2.16. The van der Waals surface area contributed by atoms with Crippen LogP contribution in [-0.2, 0) is 29.0 Å². The fourth-order valence-corrected chi connectivity index (χ4v) is 3.83. The topological polar surface area (TPSA) is 72.9 Å². The summed E-state index contributed by atoms with van der Waals surface area (Å²) < 4.78 is 16.0. The first kappa shape index (κ1) is 18.2. The molecule has 2 aliphatic heterocycles. The molecule has 144 valence electrons. The summed E-state index contributed by atoms with van der Waals surface area (Å²) in [5.74, 6) is 1.54. The minimum Gasteiger partial charge on any atom is -0.454 e. The third-order valence-corrected chi connectivity index (χ3v) is 5.50. The Bertz CT molecular complexity index is 789. The molecule has 0 aliphatic carbocycles. The quantitative estimate of drug-likeness (QED) is 0.780. The molecule has 1 N–H and O–H groups in total. The molecule has 0 bridgehead atoms. The molecule has 0 spiro atoms. The van der Waals surface area contributed by atoms with Gasteiger partial charge in [-0.25, -0.2) is 4.98 Å². The zero-order valence-electron chi connectivity index (χ0n) is 15.1. The number of thiazole rings is 1. The lowest BCUT2D eigenvalue weighted by atomic mass is 10.1. The number of nitrogens with zero attached hydrogens (tertiary/aromatic N) is 2. The van der Waals surface area contributed by atoms with Gasteiger partial charge in [0.1, 0.15) is 5.01 Å². The standard InChI is InChI=1S/C19H23N3O4S/c23-18(4-2-14-1-3-16-17(9-14)26-13-25-16)20-10-19-21-15(12-27-19)11-22-5-7-24-8-6-22/h1,3,9,12H,2,4-8,10-11,13H2,(H,20,23). The Balaban J connectivity index is 1.20. The van der Waals surface area contributed by atoms with Crippen molar-refractivity contribution in [2.75, 3.05) is 33.1 Å². The maximum Gasteiger partial charge on any atom is 0.231 e. The monoisotopic (exact) mass is 389 g/mol. The van der Waals surface area contributed by atoms with E-state index in [1.807, 2.05) is 18.2 Å². The zero-order valence-corrected chi connectivity index (χ0v) is 15.9. The van der Waals surface area contributed by atoms with Gasteiger partial charge in [0, 0.05) is 31.4 Å². The van der Waals surface area contributed by atoms with Crippen molar-refractivity contribution in [1.82, 2.24) is 15.2 Å². The second-order valence-electron chi connectivity index (χ2n) is 6.59. The molecule has 0 atom stereocenters. The molecule has 1 aromatic heterocycles. The van der Waals surface area contributed by atoms with Crippen molar-refractivity contribution in [3.8, 4) is 11.5 Å². The molecule has 2 aliphatic rings. The van der Waals surface area contributed by atoms with Crippen LogP contribution in [0.3, 0.4) is 0 Å². The number of hydrogen-bond donors (Lipinski definition) is 1. The number of rotatable bonds is 7. The average Bonchev–Trinajstić information content (AvgIpc) is 3.34. The number of aryl methyl sites for hydroxylation is 1. The predicted molar refractivity (Wildman–Crippen MR) is 101 cm³/mol. The Labute approximate surface area is 162 Å². The Morgan fingerprint density at radius 3 is 2.96 bits per heavy atom. The number of hydrogen-bond acceptors (Lipinski definition) is 7. The highest BCUT2D eigenvalue weighted by atomic mass is 32.1. The van der Waals surface area contributed by atoms with Crippen molar-refractivity contribution in [2.45, 2.75) is 25.9 Å². The van der Waals surface area contributed by atoms with E-state index in [0.29, 0.717) is 19.4 Å². The summed E-state index contributed by atoms with van der Waals surface area (Å²) >= 11 is 1.59. The van der Waals surface area contributed by atoms with E-state index in [1.54, 1.807) is 11.3 Å². The molecule has 2 aromatic rings.